The van der Waals surface area contributed by atoms with Gasteiger partial charge in [0.1, 0.15) is 0 Å². The minimum absolute atomic E-state index is 0.141. The fourth-order valence-corrected chi connectivity index (χ4v) is 0.575. The summed E-state index contributed by atoms with van der Waals surface area (Å²) in [5.74, 6) is 4.33. The maximum atomic E-state index is 10.7. The Morgan fingerprint density at radius 3 is 2.90 bits per heavy atom. The molecule has 0 radical (unpaired) electrons. The Morgan fingerprint density at radius 2 is 2.50 bits per heavy atom. The fraction of sp³-hybridized carbons (Fsp3) is 0.250. The molecule has 1 rings (SSSR count). The molecule has 1 aliphatic heterocycles. The predicted octanol–water partition coefficient (Wildman–Crippen LogP) is -2.26. The lowest BCUT2D eigenvalue weighted by Gasteiger charge is -2.00. The third-order valence-electron chi connectivity index (χ3n) is 1.07. The van der Waals surface area contributed by atoms with Gasteiger partial charge in [0.25, 0.3) is 5.91 Å². The highest BCUT2D eigenvalue weighted by molar-refractivity contribution is 6.44. The lowest BCUT2D eigenvalue weighted by Crippen LogP contribution is -2.44. The van der Waals surface area contributed by atoms with Crippen LogP contribution in [0.2, 0.25) is 0 Å². The lowest BCUT2D eigenvalue weighted by molar-refractivity contribution is -0.114. The molecule has 1 atom stereocenters. The van der Waals surface area contributed by atoms with Gasteiger partial charge in [-0.15, -0.1) is 5.10 Å². The van der Waals surface area contributed by atoms with E-state index < -0.39 is 11.9 Å². The van der Waals surface area contributed by atoms with Gasteiger partial charge in [0.05, 0.1) is 12.3 Å². The van der Waals surface area contributed by atoms with Crippen molar-refractivity contribution in [1.29, 1.82) is 0 Å². The van der Waals surface area contributed by atoms with Crippen LogP contribution in [-0.2, 0) is 4.79 Å². The van der Waals surface area contributed by atoms with Gasteiger partial charge in [-0.05, 0) is 0 Å². The van der Waals surface area contributed by atoms with Gasteiger partial charge in [0.15, 0.2) is 5.71 Å². The summed E-state index contributed by atoms with van der Waals surface area (Å²) in [6, 6.07) is -0.524. The number of amides is 1. The van der Waals surface area contributed by atoms with Crippen LogP contribution >= 0.6 is 0 Å². The molecule has 0 aromatic rings. The zero-order valence-corrected chi connectivity index (χ0v) is 5.11. The van der Waals surface area contributed by atoms with E-state index in [1.165, 1.54) is 6.21 Å². The van der Waals surface area contributed by atoms with E-state index in [0.717, 1.165) is 0 Å². The van der Waals surface area contributed by atoms with E-state index in [-0.39, 0.29) is 5.71 Å². The van der Waals surface area contributed by atoms with Crippen LogP contribution in [0.4, 0.5) is 0 Å². The molecule has 0 spiro atoms. The summed E-state index contributed by atoms with van der Waals surface area (Å²) in [5, 5.41) is 6.89. The zero-order chi connectivity index (χ0) is 7.56. The average molecular weight is 141 g/mol. The van der Waals surface area contributed by atoms with Crippen molar-refractivity contribution in [3.63, 3.8) is 0 Å². The second-order valence-electron chi connectivity index (χ2n) is 1.75. The van der Waals surface area contributed by atoms with Gasteiger partial charge in [-0.2, -0.15) is 5.10 Å². The van der Waals surface area contributed by atoms with Gasteiger partial charge in [-0.3, -0.25) is 10.2 Å². The molecule has 10 heavy (non-hydrogen) atoms. The number of carbonyl (C=O) groups excluding carboxylic acids is 1. The van der Waals surface area contributed by atoms with E-state index in [1.54, 1.807) is 0 Å². The minimum Gasteiger partial charge on any atom is -0.318 e. The van der Waals surface area contributed by atoms with Gasteiger partial charge in [0, 0.05) is 0 Å². The highest BCUT2D eigenvalue weighted by Crippen LogP contribution is 1.92. The number of hydrogen-bond acceptors (Lipinski definition) is 5. The summed E-state index contributed by atoms with van der Waals surface area (Å²) in [6.07, 6.45) is 1.37. The first kappa shape index (κ1) is 6.84. The van der Waals surface area contributed by atoms with Crippen LogP contribution in [-0.4, -0.2) is 23.9 Å². The fourth-order valence-electron chi connectivity index (χ4n) is 0.575. The van der Waals surface area contributed by atoms with Crippen LogP contribution < -0.4 is 17.0 Å². The van der Waals surface area contributed by atoms with Gasteiger partial charge in [-0.1, -0.05) is 0 Å². The molecule has 0 fully saturated rings. The van der Waals surface area contributed by atoms with Crippen LogP contribution in [0.5, 0.6) is 0 Å². The molecule has 0 aliphatic carbocycles. The molecular formula is C4H7N5O. The van der Waals surface area contributed by atoms with E-state index in [1.807, 2.05) is 5.43 Å². The van der Waals surface area contributed by atoms with E-state index in [0.29, 0.717) is 0 Å². The van der Waals surface area contributed by atoms with Crippen molar-refractivity contribution >= 4 is 17.8 Å². The minimum atomic E-state index is -0.524. The van der Waals surface area contributed by atoms with Gasteiger partial charge in [-0.25, -0.2) is 5.84 Å². The number of nitrogens with zero attached hydrogens (tertiary/aromatic N) is 2. The molecule has 1 amide bonds. The maximum absolute atomic E-state index is 10.7. The summed E-state index contributed by atoms with van der Waals surface area (Å²) in [7, 11) is 0. The monoisotopic (exact) mass is 141 g/mol. The van der Waals surface area contributed by atoms with Crippen molar-refractivity contribution < 1.29 is 4.79 Å². The smallest absolute Gasteiger partial charge is 0.283 e. The van der Waals surface area contributed by atoms with Crippen molar-refractivity contribution in [3.8, 4) is 0 Å². The van der Waals surface area contributed by atoms with E-state index in [4.69, 9.17) is 11.6 Å². The van der Waals surface area contributed by atoms with Gasteiger partial charge < -0.3 is 5.73 Å². The summed E-state index contributed by atoms with van der Waals surface area (Å²) >= 11 is 0. The van der Waals surface area contributed by atoms with Gasteiger partial charge in [0.2, 0.25) is 0 Å². The average Bonchev–Trinajstić information content (AvgIpc) is 2.34. The third-order valence-corrected chi connectivity index (χ3v) is 1.07. The van der Waals surface area contributed by atoms with Crippen molar-refractivity contribution in [1.82, 2.24) is 5.43 Å². The number of rotatable bonds is 1. The first-order chi connectivity index (χ1) is 4.75. The molecule has 6 heteroatoms. The Balaban J connectivity index is 2.68. The highest BCUT2D eigenvalue weighted by atomic mass is 16.2. The van der Waals surface area contributed by atoms with Crippen LogP contribution in [0.25, 0.3) is 0 Å². The van der Waals surface area contributed by atoms with E-state index >= 15 is 0 Å². The van der Waals surface area contributed by atoms with Crippen molar-refractivity contribution in [2.75, 3.05) is 0 Å². The Hall–Kier alpha value is -1.27. The predicted molar refractivity (Wildman–Crippen MR) is 36.2 cm³/mol. The summed E-state index contributed by atoms with van der Waals surface area (Å²) in [4.78, 5) is 10.7. The van der Waals surface area contributed by atoms with E-state index in [9.17, 15) is 4.79 Å². The Kier molecular flexibility index (Phi) is 1.74. The van der Waals surface area contributed by atoms with Crippen LogP contribution in [0.15, 0.2) is 10.2 Å². The number of nitrogens with one attached hydrogen (secondary N) is 1. The normalized spacial score (nSPS) is 22.6. The molecule has 6 nitrogen and oxygen atoms in total. The Bertz CT molecular complexity index is 208. The molecule has 0 aromatic carbocycles. The largest absolute Gasteiger partial charge is 0.318 e. The van der Waals surface area contributed by atoms with Crippen molar-refractivity contribution in [2.45, 2.75) is 6.04 Å². The van der Waals surface area contributed by atoms with Gasteiger partial charge >= 0.3 is 0 Å². The first-order valence-corrected chi connectivity index (χ1v) is 2.63. The Labute approximate surface area is 57.0 Å². The topological polar surface area (TPSA) is 106 Å². The standard InChI is InChI=1S/C4H7N5O/c5-2-1-7-9-3(2)4(10)8-6/h1-2H,5-6H2,(H,8,10)/t2-/m1/s1. The van der Waals surface area contributed by atoms with Crippen LogP contribution in [0, 0.1) is 0 Å². The zero-order valence-electron chi connectivity index (χ0n) is 5.11. The molecule has 0 saturated carbocycles. The van der Waals surface area contributed by atoms with Crippen molar-refractivity contribution in [3.05, 3.63) is 0 Å². The summed E-state index contributed by atoms with van der Waals surface area (Å²) in [5.41, 5.74) is 7.41. The first-order valence-electron chi connectivity index (χ1n) is 2.63. The second-order valence-corrected chi connectivity index (χ2v) is 1.75. The SMILES string of the molecule is NNC(=O)C1=NN=C[C@H]1N. The van der Waals surface area contributed by atoms with Crippen molar-refractivity contribution in [2.24, 2.45) is 21.8 Å². The van der Waals surface area contributed by atoms with E-state index in [2.05, 4.69) is 10.2 Å². The molecule has 54 valence electrons. The van der Waals surface area contributed by atoms with Crippen LogP contribution in [0.1, 0.15) is 0 Å². The summed E-state index contributed by atoms with van der Waals surface area (Å²) in [6.45, 7) is 0. The third kappa shape index (κ3) is 1.02. The molecule has 0 saturated heterocycles. The lowest BCUT2D eigenvalue weighted by atomic mass is 10.2. The number of hydrazine groups is 1. The Morgan fingerprint density at radius 1 is 1.80 bits per heavy atom. The molecular weight excluding hydrogens is 134 g/mol. The second kappa shape index (κ2) is 2.54. The molecule has 0 unspecified atom stereocenters. The molecule has 1 aliphatic rings. The molecule has 0 aromatic heterocycles. The number of nitrogens with two attached hydrogens (primary N) is 2. The molecule has 5 N–H and O–H groups in total. The van der Waals surface area contributed by atoms with Crippen LogP contribution in [0.3, 0.4) is 0 Å². The quantitative estimate of drug-likeness (QED) is 0.218. The highest BCUT2D eigenvalue weighted by Gasteiger charge is 2.20. The summed E-state index contributed by atoms with van der Waals surface area (Å²) < 4.78 is 0. The molecule has 1 heterocycles. The maximum Gasteiger partial charge on any atom is 0.283 e. The molecule has 0 bridgehead atoms. The number of hydrogen-bond donors (Lipinski definition) is 3. The number of carbonyl (C=O) groups is 1.